The number of fused-ring (bicyclic) bond motifs is 1. The van der Waals surface area contributed by atoms with Gasteiger partial charge in [-0.15, -0.1) is 15.3 Å². The first-order chi connectivity index (χ1) is 21.9. The van der Waals surface area contributed by atoms with Crippen molar-refractivity contribution in [3.63, 3.8) is 0 Å². The van der Waals surface area contributed by atoms with E-state index in [0.29, 0.717) is 17.2 Å². The normalized spacial score (nSPS) is 19.2. The van der Waals surface area contributed by atoms with Crippen molar-refractivity contribution < 1.29 is 33.3 Å². The van der Waals surface area contributed by atoms with Crippen LogP contribution >= 0.6 is 0 Å². The molecular formula is C32H28N6O7. The lowest BCUT2D eigenvalue weighted by Crippen LogP contribution is -2.41. The van der Waals surface area contributed by atoms with E-state index in [4.69, 9.17) is 18.9 Å². The minimum atomic E-state index is -1.24. The van der Waals surface area contributed by atoms with Crippen molar-refractivity contribution in [2.45, 2.75) is 24.4 Å². The maximum atomic E-state index is 13.4. The maximum Gasteiger partial charge on any atom is 0.338 e. The fourth-order valence-electron chi connectivity index (χ4n) is 4.79. The van der Waals surface area contributed by atoms with Crippen LogP contribution in [0.5, 0.6) is 0 Å². The largest absolute Gasteiger partial charge is 0.459 e. The number of hydrogen-bond acceptors (Lipinski definition) is 12. The summed E-state index contributed by atoms with van der Waals surface area (Å²) < 4.78 is 25.4. The van der Waals surface area contributed by atoms with E-state index in [-0.39, 0.29) is 23.6 Å². The van der Waals surface area contributed by atoms with Gasteiger partial charge in [0.2, 0.25) is 5.95 Å². The summed E-state index contributed by atoms with van der Waals surface area (Å²) in [7, 11) is 3.55. The molecule has 0 saturated carbocycles. The molecule has 0 bridgehead atoms. The minimum Gasteiger partial charge on any atom is -0.459 e. The Balaban J connectivity index is 1.39. The summed E-state index contributed by atoms with van der Waals surface area (Å²) in [6, 6.07) is 25.1. The molecule has 13 heteroatoms. The lowest BCUT2D eigenvalue weighted by Gasteiger charge is -2.24. The molecule has 3 heterocycles. The first-order valence-electron chi connectivity index (χ1n) is 14.0. The Kier molecular flexibility index (Phi) is 8.42. The van der Waals surface area contributed by atoms with Gasteiger partial charge in [-0.25, -0.2) is 19.4 Å². The number of anilines is 1. The zero-order chi connectivity index (χ0) is 31.3. The predicted octanol–water partition coefficient (Wildman–Crippen LogP) is 3.33. The second kappa shape index (κ2) is 12.9. The van der Waals surface area contributed by atoms with Gasteiger partial charge in [0, 0.05) is 14.1 Å². The van der Waals surface area contributed by atoms with Crippen molar-refractivity contribution in [3.05, 3.63) is 120 Å². The SMILES string of the molecule is CN(C)c1ncc2nnc([C@@H]3O[C@H](COC(=O)c4ccccc4)[C@@H](OC(=O)c4ccccc4)[C@H]3OC(=O)c3ccccc3)n2n1. The highest BCUT2D eigenvalue weighted by Gasteiger charge is 2.53. The van der Waals surface area contributed by atoms with Crippen molar-refractivity contribution in [3.8, 4) is 0 Å². The van der Waals surface area contributed by atoms with Gasteiger partial charge in [-0.2, -0.15) is 4.52 Å². The average molecular weight is 609 g/mol. The van der Waals surface area contributed by atoms with E-state index in [1.54, 1.807) is 110 Å². The van der Waals surface area contributed by atoms with Crippen LogP contribution in [0.1, 0.15) is 43.0 Å². The topological polar surface area (TPSA) is 147 Å². The highest BCUT2D eigenvalue weighted by atomic mass is 16.7. The maximum absolute atomic E-state index is 13.4. The predicted molar refractivity (Wildman–Crippen MR) is 159 cm³/mol. The Morgan fingerprint density at radius 2 is 1.29 bits per heavy atom. The molecule has 2 aromatic heterocycles. The first-order valence-corrected chi connectivity index (χ1v) is 14.0. The Bertz CT molecular complexity index is 1800. The van der Waals surface area contributed by atoms with Gasteiger partial charge < -0.3 is 23.8 Å². The summed E-state index contributed by atoms with van der Waals surface area (Å²) in [5, 5.41) is 13.0. The number of carbonyl (C=O) groups excluding carboxylic acids is 3. The third-order valence-corrected chi connectivity index (χ3v) is 7.03. The van der Waals surface area contributed by atoms with E-state index >= 15 is 0 Å². The van der Waals surface area contributed by atoms with Crippen molar-refractivity contribution in [2.24, 2.45) is 0 Å². The molecule has 0 N–H and O–H groups in total. The van der Waals surface area contributed by atoms with Crippen LogP contribution in [-0.4, -0.2) is 81.7 Å². The van der Waals surface area contributed by atoms with Gasteiger partial charge in [0.05, 0.1) is 22.9 Å². The molecular weight excluding hydrogens is 580 g/mol. The monoisotopic (exact) mass is 608 g/mol. The molecule has 45 heavy (non-hydrogen) atoms. The number of benzene rings is 3. The summed E-state index contributed by atoms with van der Waals surface area (Å²) in [5.74, 6) is -1.45. The van der Waals surface area contributed by atoms with E-state index in [2.05, 4.69) is 20.3 Å². The van der Waals surface area contributed by atoms with Crippen molar-refractivity contribution in [2.75, 3.05) is 25.6 Å². The molecule has 3 aromatic carbocycles. The number of nitrogens with zero attached hydrogens (tertiary/aromatic N) is 6. The van der Waals surface area contributed by atoms with Gasteiger partial charge >= 0.3 is 17.9 Å². The molecule has 0 radical (unpaired) electrons. The third kappa shape index (κ3) is 6.33. The second-order valence-electron chi connectivity index (χ2n) is 10.3. The highest BCUT2D eigenvalue weighted by molar-refractivity contribution is 5.91. The number of ether oxygens (including phenoxy) is 4. The van der Waals surface area contributed by atoms with E-state index in [1.807, 2.05) is 0 Å². The molecule has 228 valence electrons. The van der Waals surface area contributed by atoms with Gasteiger partial charge in [-0.1, -0.05) is 54.6 Å². The van der Waals surface area contributed by atoms with Crippen molar-refractivity contribution >= 4 is 29.5 Å². The quantitative estimate of drug-likeness (QED) is 0.179. The average Bonchev–Trinajstić information content (AvgIpc) is 3.65. The Morgan fingerprint density at radius 1 is 0.756 bits per heavy atom. The van der Waals surface area contributed by atoms with Gasteiger partial charge in [0.15, 0.2) is 29.8 Å². The van der Waals surface area contributed by atoms with Crippen LogP contribution in [0.15, 0.2) is 97.2 Å². The van der Waals surface area contributed by atoms with E-state index in [9.17, 15) is 14.4 Å². The molecule has 1 fully saturated rings. The van der Waals surface area contributed by atoms with Gasteiger partial charge in [0.25, 0.3) is 0 Å². The molecule has 4 atom stereocenters. The van der Waals surface area contributed by atoms with Crippen LogP contribution < -0.4 is 4.90 Å². The fourth-order valence-corrected chi connectivity index (χ4v) is 4.79. The van der Waals surface area contributed by atoms with Crippen LogP contribution in [0.25, 0.3) is 5.65 Å². The number of rotatable bonds is 9. The molecule has 1 aliphatic heterocycles. The van der Waals surface area contributed by atoms with Crippen LogP contribution in [0.4, 0.5) is 5.95 Å². The smallest absolute Gasteiger partial charge is 0.338 e. The molecule has 6 rings (SSSR count). The summed E-state index contributed by atoms with van der Waals surface area (Å²) in [6.07, 6.45) is -3.17. The van der Waals surface area contributed by atoms with Crippen molar-refractivity contribution in [1.82, 2.24) is 24.8 Å². The second-order valence-corrected chi connectivity index (χ2v) is 10.3. The number of aromatic nitrogens is 5. The van der Waals surface area contributed by atoms with Gasteiger partial charge in [-0.3, -0.25) is 0 Å². The Morgan fingerprint density at radius 3 is 1.84 bits per heavy atom. The molecule has 0 aliphatic carbocycles. The molecule has 0 amide bonds. The summed E-state index contributed by atoms with van der Waals surface area (Å²) in [6.45, 7) is -0.328. The lowest BCUT2D eigenvalue weighted by atomic mass is 10.1. The number of hydrogen-bond donors (Lipinski definition) is 0. The number of carbonyl (C=O) groups is 3. The third-order valence-electron chi connectivity index (χ3n) is 7.03. The van der Waals surface area contributed by atoms with Crippen LogP contribution in [0.2, 0.25) is 0 Å². The zero-order valence-corrected chi connectivity index (χ0v) is 24.3. The highest BCUT2D eigenvalue weighted by Crippen LogP contribution is 2.38. The summed E-state index contributed by atoms with van der Waals surface area (Å²) in [4.78, 5) is 45.6. The standard InChI is InChI=1S/C32H28N6O7/c1-37(2)32-33-18-24-34-35-28(38(24)36-32)27-26(45-31(41)22-16-10-5-11-17-22)25(44-30(40)21-14-8-4-9-15-21)23(43-27)19-42-29(39)20-12-6-3-7-13-20/h3-18,23,25-27H,19H2,1-2H3/t23-,25-,26-,27-/m1/s1. The number of esters is 3. The molecule has 0 spiro atoms. The van der Waals surface area contributed by atoms with Crippen molar-refractivity contribution in [1.29, 1.82) is 0 Å². The van der Waals surface area contributed by atoms with Crippen LogP contribution in [0.3, 0.4) is 0 Å². The van der Waals surface area contributed by atoms with Crippen LogP contribution in [-0.2, 0) is 18.9 Å². The summed E-state index contributed by atoms with van der Waals surface area (Å²) in [5.41, 5.74) is 1.18. The molecule has 1 aliphatic rings. The van der Waals surface area contributed by atoms with E-state index in [1.165, 1.54) is 10.7 Å². The Labute approximate surface area is 257 Å². The fraction of sp³-hybridized carbons (Fsp3) is 0.219. The van der Waals surface area contributed by atoms with E-state index in [0.717, 1.165) is 0 Å². The Hall–Kier alpha value is -5.69. The zero-order valence-electron chi connectivity index (χ0n) is 24.3. The molecule has 5 aromatic rings. The molecule has 1 saturated heterocycles. The first kappa shape index (κ1) is 29.4. The van der Waals surface area contributed by atoms with E-state index < -0.39 is 42.3 Å². The molecule has 0 unspecified atom stereocenters. The summed E-state index contributed by atoms with van der Waals surface area (Å²) >= 11 is 0. The molecule has 13 nitrogen and oxygen atoms in total. The van der Waals surface area contributed by atoms with Gasteiger partial charge in [0.1, 0.15) is 12.7 Å². The lowest BCUT2D eigenvalue weighted by molar-refractivity contribution is -0.0455. The van der Waals surface area contributed by atoms with Crippen LogP contribution in [0, 0.1) is 0 Å². The minimum absolute atomic E-state index is 0.166. The van der Waals surface area contributed by atoms with Gasteiger partial charge in [-0.05, 0) is 36.4 Å².